The highest BCUT2D eigenvalue weighted by atomic mass is 79.9. The van der Waals surface area contributed by atoms with Crippen LogP contribution in [0.2, 0.25) is 0 Å². The summed E-state index contributed by atoms with van der Waals surface area (Å²) in [6.07, 6.45) is -0.696. The Morgan fingerprint density at radius 3 is 2.69 bits per heavy atom. The second kappa shape index (κ2) is 4.17. The largest absolute Gasteiger partial charge is 0.391 e. The van der Waals surface area contributed by atoms with Gasteiger partial charge in [-0.2, -0.15) is 0 Å². The van der Waals surface area contributed by atoms with Crippen molar-refractivity contribution >= 4 is 15.9 Å². The third-order valence-corrected chi connectivity index (χ3v) is 2.70. The topological polar surface area (TPSA) is 46.2 Å². The Morgan fingerprint density at radius 2 is 2.15 bits per heavy atom. The summed E-state index contributed by atoms with van der Waals surface area (Å²) in [5.41, 5.74) is 6.24. The van der Waals surface area contributed by atoms with E-state index in [-0.39, 0.29) is 5.82 Å². The van der Waals surface area contributed by atoms with Crippen molar-refractivity contribution in [3.63, 3.8) is 0 Å². The molecule has 0 aliphatic heterocycles. The maximum absolute atomic E-state index is 13.0. The number of rotatable bonds is 2. The van der Waals surface area contributed by atoms with Gasteiger partial charge in [0.05, 0.1) is 16.6 Å². The molecule has 1 aromatic rings. The van der Waals surface area contributed by atoms with Crippen molar-refractivity contribution in [1.29, 1.82) is 0 Å². The van der Waals surface area contributed by atoms with Crippen molar-refractivity contribution in [2.45, 2.75) is 19.1 Å². The van der Waals surface area contributed by atoms with Crippen LogP contribution in [-0.4, -0.2) is 11.2 Å². The van der Waals surface area contributed by atoms with Crippen molar-refractivity contribution in [2.24, 2.45) is 5.73 Å². The first-order chi connectivity index (χ1) is 6.04. The van der Waals surface area contributed by atoms with Crippen molar-refractivity contribution in [3.8, 4) is 0 Å². The van der Waals surface area contributed by atoms with Gasteiger partial charge in [-0.3, -0.25) is 0 Å². The SMILES string of the molecule is CC(O)[C@H](N)c1cccc(F)c1Br. The fourth-order valence-corrected chi connectivity index (χ4v) is 1.57. The molecule has 0 radical (unpaired) electrons. The van der Waals surface area contributed by atoms with Gasteiger partial charge < -0.3 is 10.8 Å². The molecule has 0 saturated heterocycles. The van der Waals surface area contributed by atoms with Crippen LogP contribution in [0.15, 0.2) is 22.7 Å². The number of aliphatic hydroxyl groups excluding tert-OH is 1. The molecule has 4 heteroatoms. The quantitative estimate of drug-likeness (QED) is 0.840. The average molecular weight is 248 g/mol. The molecule has 0 aliphatic rings. The maximum Gasteiger partial charge on any atom is 0.137 e. The van der Waals surface area contributed by atoms with Gasteiger partial charge in [0.15, 0.2) is 0 Å². The van der Waals surface area contributed by atoms with E-state index in [1.807, 2.05) is 0 Å². The van der Waals surface area contributed by atoms with E-state index in [2.05, 4.69) is 15.9 Å². The van der Waals surface area contributed by atoms with Gasteiger partial charge in [-0.1, -0.05) is 12.1 Å². The maximum atomic E-state index is 13.0. The van der Waals surface area contributed by atoms with Gasteiger partial charge >= 0.3 is 0 Å². The molecule has 13 heavy (non-hydrogen) atoms. The molecular weight excluding hydrogens is 237 g/mol. The zero-order chi connectivity index (χ0) is 10.0. The Balaban J connectivity index is 3.07. The minimum absolute atomic E-state index is 0.323. The Kier molecular flexibility index (Phi) is 3.41. The molecule has 1 rings (SSSR count). The Labute approximate surface area is 84.7 Å². The number of hydrogen-bond acceptors (Lipinski definition) is 2. The summed E-state index contributed by atoms with van der Waals surface area (Å²) in [5.74, 6) is -0.367. The van der Waals surface area contributed by atoms with E-state index in [1.54, 1.807) is 19.1 Å². The van der Waals surface area contributed by atoms with Gasteiger partial charge in [-0.25, -0.2) is 4.39 Å². The molecule has 1 aromatic carbocycles. The first-order valence-corrected chi connectivity index (χ1v) is 4.71. The monoisotopic (exact) mass is 247 g/mol. The van der Waals surface area contributed by atoms with Crippen molar-refractivity contribution < 1.29 is 9.50 Å². The normalized spacial score (nSPS) is 15.5. The first kappa shape index (κ1) is 10.6. The van der Waals surface area contributed by atoms with Crippen LogP contribution in [0.25, 0.3) is 0 Å². The summed E-state index contributed by atoms with van der Waals surface area (Å²) in [7, 11) is 0. The van der Waals surface area contributed by atoms with Gasteiger partial charge in [0, 0.05) is 0 Å². The summed E-state index contributed by atoms with van der Waals surface area (Å²) in [6, 6.07) is 4.02. The lowest BCUT2D eigenvalue weighted by atomic mass is 10.0. The number of aliphatic hydroxyl groups is 1. The zero-order valence-electron chi connectivity index (χ0n) is 7.17. The molecule has 0 aromatic heterocycles. The van der Waals surface area contributed by atoms with E-state index in [0.29, 0.717) is 10.0 Å². The fraction of sp³-hybridized carbons (Fsp3) is 0.333. The summed E-state index contributed by atoms with van der Waals surface area (Å²) in [6.45, 7) is 1.57. The summed E-state index contributed by atoms with van der Waals surface area (Å²) in [4.78, 5) is 0. The van der Waals surface area contributed by atoms with Crippen LogP contribution in [-0.2, 0) is 0 Å². The van der Waals surface area contributed by atoms with Crippen molar-refractivity contribution in [2.75, 3.05) is 0 Å². The molecule has 2 nitrogen and oxygen atoms in total. The van der Waals surface area contributed by atoms with Gasteiger partial charge in [0.25, 0.3) is 0 Å². The molecular formula is C9H11BrFNO. The van der Waals surface area contributed by atoms with E-state index < -0.39 is 12.1 Å². The molecule has 1 unspecified atom stereocenters. The number of nitrogens with two attached hydrogens (primary N) is 1. The molecule has 0 saturated carbocycles. The highest BCUT2D eigenvalue weighted by molar-refractivity contribution is 9.10. The highest BCUT2D eigenvalue weighted by Gasteiger charge is 2.16. The van der Waals surface area contributed by atoms with Gasteiger partial charge in [0.1, 0.15) is 5.82 Å². The Bertz CT molecular complexity index is 304. The first-order valence-electron chi connectivity index (χ1n) is 3.91. The van der Waals surface area contributed by atoms with Gasteiger partial charge in [-0.05, 0) is 34.5 Å². The minimum atomic E-state index is -0.696. The van der Waals surface area contributed by atoms with Gasteiger partial charge in [-0.15, -0.1) is 0 Å². The van der Waals surface area contributed by atoms with E-state index in [0.717, 1.165) is 0 Å². The minimum Gasteiger partial charge on any atom is -0.391 e. The standard InChI is InChI=1S/C9H11BrFNO/c1-5(13)9(12)6-3-2-4-7(11)8(6)10/h2-5,9,13H,12H2,1H3/t5?,9-/m0/s1. The molecule has 0 spiro atoms. The lowest BCUT2D eigenvalue weighted by Gasteiger charge is -2.16. The second-order valence-electron chi connectivity index (χ2n) is 2.91. The van der Waals surface area contributed by atoms with Crippen LogP contribution < -0.4 is 5.73 Å². The highest BCUT2D eigenvalue weighted by Crippen LogP contribution is 2.26. The lowest BCUT2D eigenvalue weighted by Crippen LogP contribution is -2.23. The molecule has 72 valence electrons. The van der Waals surface area contributed by atoms with Crippen LogP contribution in [0.5, 0.6) is 0 Å². The molecule has 3 N–H and O–H groups in total. The molecule has 0 aliphatic carbocycles. The van der Waals surface area contributed by atoms with Crippen molar-refractivity contribution in [1.82, 2.24) is 0 Å². The van der Waals surface area contributed by atoms with Crippen LogP contribution in [0.1, 0.15) is 18.5 Å². The second-order valence-corrected chi connectivity index (χ2v) is 3.70. The molecule has 0 fully saturated rings. The van der Waals surface area contributed by atoms with E-state index in [1.165, 1.54) is 6.07 Å². The number of halogens is 2. The lowest BCUT2D eigenvalue weighted by molar-refractivity contribution is 0.164. The fourth-order valence-electron chi connectivity index (χ4n) is 1.04. The Hall–Kier alpha value is -0.450. The average Bonchev–Trinajstić information content (AvgIpc) is 2.08. The van der Waals surface area contributed by atoms with Crippen LogP contribution >= 0.6 is 15.9 Å². The van der Waals surface area contributed by atoms with Gasteiger partial charge in [0.2, 0.25) is 0 Å². The van der Waals surface area contributed by atoms with Crippen LogP contribution in [0.3, 0.4) is 0 Å². The van der Waals surface area contributed by atoms with E-state index in [9.17, 15) is 9.50 Å². The number of benzene rings is 1. The Morgan fingerprint density at radius 1 is 1.54 bits per heavy atom. The van der Waals surface area contributed by atoms with E-state index in [4.69, 9.17) is 5.73 Å². The molecule has 0 bridgehead atoms. The molecule has 2 atom stereocenters. The summed E-state index contributed by atoms with van der Waals surface area (Å²) >= 11 is 3.08. The van der Waals surface area contributed by atoms with E-state index >= 15 is 0 Å². The predicted molar refractivity (Wildman–Crippen MR) is 52.7 cm³/mol. The molecule has 0 heterocycles. The summed E-state index contributed by atoms with van der Waals surface area (Å²) < 4.78 is 13.3. The smallest absolute Gasteiger partial charge is 0.137 e. The van der Waals surface area contributed by atoms with Crippen LogP contribution in [0, 0.1) is 5.82 Å². The predicted octanol–water partition coefficient (Wildman–Crippen LogP) is 1.97. The molecule has 0 amide bonds. The summed E-state index contributed by atoms with van der Waals surface area (Å²) in [5, 5.41) is 9.22. The third-order valence-electron chi connectivity index (χ3n) is 1.86. The van der Waals surface area contributed by atoms with Crippen molar-refractivity contribution in [3.05, 3.63) is 34.1 Å². The van der Waals surface area contributed by atoms with Crippen LogP contribution in [0.4, 0.5) is 4.39 Å². The number of hydrogen-bond donors (Lipinski definition) is 2. The third kappa shape index (κ3) is 2.27. The zero-order valence-corrected chi connectivity index (χ0v) is 8.75.